The number of aromatic nitrogens is 1. The Morgan fingerprint density at radius 3 is 2.83 bits per heavy atom. The summed E-state index contributed by atoms with van der Waals surface area (Å²) in [4.78, 5) is 3.87. The Hall–Kier alpha value is -1.45. The fourth-order valence-corrected chi connectivity index (χ4v) is 1.99. The standard InChI is InChI=1S/C14H13ClFNO/c1-9-2-3-11(13(16)6-9)14(18)7-10-4-5-17-8-12(10)15/h2-6,8,14,18H,7H2,1H3. The summed E-state index contributed by atoms with van der Waals surface area (Å²) in [6.45, 7) is 1.80. The first-order valence-electron chi connectivity index (χ1n) is 5.60. The predicted molar refractivity (Wildman–Crippen MR) is 69.0 cm³/mol. The van der Waals surface area contributed by atoms with Crippen LogP contribution < -0.4 is 0 Å². The van der Waals surface area contributed by atoms with Crippen molar-refractivity contribution in [2.75, 3.05) is 0 Å². The van der Waals surface area contributed by atoms with Crippen LogP contribution in [0.4, 0.5) is 4.39 Å². The number of benzene rings is 1. The second kappa shape index (κ2) is 5.46. The van der Waals surface area contributed by atoms with E-state index in [9.17, 15) is 9.50 Å². The van der Waals surface area contributed by atoms with Gasteiger partial charge in [-0.25, -0.2) is 4.39 Å². The van der Waals surface area contributed by atoms with E-state index in [0.29, 0.717) is 5.02 Å². The molecule has 2 rings (SSSR count). The van der Waals surface area contributed by atoms with E-state index < -0.39 is 11.9 Å². The summed E-state index contributed by atoms with van der Waals surface area (Å²) >= 11 is 5.95. The van der Waals surface area contributed by atoms with E-state index in [1.807, 2.05) is 0 Å². The van der Waals surface area contributed by atoms with Gasteiger partial charge in [0, 0.05) is 24.4 Å². The van der Waals surface area contributed by atoms with Gasteiger partial charge in [-0.2, -0.15) is 0 Å². The molecule has 0 bridgehead atoms. The lowest BCUT2D eigenvalue weighted by molar-refractivity contribution is 0.173. The van der Waals surface area contributed by atoms with Gasteiger partial charge in [-0.15, -0.1) is 0 Å². The number of hydrogen-bond acceptors (Lipinski definition) is 2. The van der Waals surface area contributed by atoms with Crippen LogP contribution >= 0.6 is 11.6 Å². The quantitative estimate of drug-likeness (QED) is 0.922. The van der Waals surface area contributed by atoms with Gasteiger partial charge in [0.15, 0.2) is 0 Å². The van der Waals surface area contributed by atoms with Gasteiger partial charge in [0.2, 0.25) is 0 Å². The third-order valence-corrected chi connectivity index (χ3v) is 3.12. The van der Waals surface area contributed by atoms with E-state index in [-0.39, 0.29) is 12.0 Å². The fraction of sp³-hybridized carbons (Fsp3) is 0.214. The van der Waals surface area contributed by atoms with Crippen molar-refractivity contribution in [3.63, 3.8) is 0 Å². The van der Waals surface area contributed by atoms with Gasteiger partial charge >= 0.3 is 0 Å². The molecule has 1 atom stereocenters. The molecular weight excluding hydrogens is 253 g/mol. The van der Waals surface area contributed by atoms with Crippen molar-refractivity contribution in [1.82, 2.24) is 4.98 Å². The monoisotopic (exact) mass is 265 g/mol. The second-order valence-electron chi connectivity index (χ2n) is 4.21. The normalized spacial score (nSPS) is 12.4. The summed E-state index contributed by atoms with van der Waals surface area (Å²) in [5.41, 5.74) is 1.86. The second-order valence-corrected chi connectivity index (χ2v) is 4.62. The molecule has 1 aromatic heterocycles. The third-order valence-electron chi connectivity index (χ3n) is 2.78. The first-order chi connectivity index (χ1) is 8.58. The van der Waals surface area contributed by atoms with E-state index in [2.05, 4.69) is 4.98 Å². The molecule has 0 aliphatic rings. The summed E-state index contributed by atoms with van der Waals surface area (Å²) in [5.74, 6) is -0.396. The van der Waals surface area contributed by atoms with E-state index in [1.54, 1.807) is 31.3 Å². The van der Waals surface area contributed by atoms with E-state index in [0.717, 1.165) is 11.1 Å². The van der Waals surface area contributed by atoms with Crippen LogP contribution in [0.25, 0.3) is 0 Å². The minimum absolute atomic E-state index is 0.265. The summed E-state index contributed by atoms with van der Waals surface area (Å²) in [7, 11) is 0. The zero-order chi connectivity index (χ0) is 13.1. The smallest absolute Gasteiger partial charge is 0.129 e. The maximum absolute atomic E-state index is 13.7. The van der Waals surface area contributed by atoms with Gasteiger partial charge < -0.3 is 5.11 Å². The molecule has 0 fully saturated rings. The van der Waals surface area contributed by atoms with Gasteiger partial charge in [0.05, 0.1) is 11.1 Å². The summed E-state index contributed by atoms with van der Waals surface area (Å²) in [5, 5.41) is 10.5. The van der Waals surface area contributed by atoms with Gasteiger partial charge in [-0.1, -0.05) is 23.7 Å². The molecule has 2 nitrogen and oxygen atoms in total. The van der Waals surface area contributed by atoms with Crippen LogP contribution in [0, 0.1) is 12.7 Å². The van der Waals surface area contributed by atoms with E-state index >= 15 is 0 Å². The van der Waals surface area contributed by atoms with Gasteiger partial charge in [-0.3, -0.25) is 4.98 Å². The van der Waals surface area contributed by atoms with Crippen molar-refractivity contribution in [2.24, 2.45) is 0 Å². The Balaban J connectivity index is 2.22. The van der Waals surface area contributed by atoms with Crippen LogP contribution in [0.15, 0.2) is 36.7 Å². The summed E-state index contributed by atoms with van der Waals surface area (Å²) in [6, 6.07) is 6.50. The first kappa shape index (κ1) is 13.0. The SMILES string of the molecule is Cc1ccc(C(O)Cc2ccncc2Cl)c(F)c1. The molecule has 18 heavy (non-hydrogen) atoms. The van der Waals surface area contributed by atoms with Crippen LogP contribution in [-0.2, 0) is 6.42 Å². The maximum atomic E-state index is 13.7. The van der Waals surface area contributed by atoms with Gasteiger partial charge in [-0.05, 0) is 30.2 Å². The molecule has 0 saturated heterocycles. The number of pyridine rings is 1. The van der Waals surface area contributed by atoms with Crippen molar-refractivity contribution in [1.29, 1.82) is 0 Å². The highest BCUT2D eigenvalue weighted by Gasteiger charge is 2.14. The lowest BCUT2D eigenvalue weighted by Crippen LogP contribution is -2.05. The van der Waals surface area contributed by atoms with Crippen molar-refractivity contribution in [2.45, 2.75) is 19.4 Å². The third kappa shape index (κ3) is 2.86. The van der Waals surface area contributed by atoms with Gasteiger partial charge in [0.1, 0.15) is 5.82 Å². The molecule has 2 aromatic rings. The van der Waals surface area contributed by atoms with Crippen molar-refractivity contribution >= 4 is 11.6 Å². The Morgan fingerprint density at radius 1 is 1.39 bits per heavy atom. The first-order valence-corrected chi connectivity index (χ1v) is 5.98. The topological polar surface area (TPSA) is 33.1 Å². The number of rotatable bonds is 3. The molecule has 1 unspecified atom stereocenters. The number of nitrogens with zero attached hydrogens (tertiary/aromatic N) is 1. The predicted octanol–water partition coefficient (Wildman–Crippen LogP) is 3.46. The Kier molecular flexibility index (Phi) is 3.94. The molecule has 4 heteroatoms. The highest BCUT2D eigenvalue weighted by Crippen LogP contribution is 2.24. The number of aliphatic hydroxyl groups excluding tert-OH is 1. The molecular formula is C14H13ClFNO. The lowest BCUT2D eigenvalue weighted by atomic mass is 10.0. The van der Waals surface area contributed by atoms with Crippen molar-refractivity contribution < 1.29 is 9.50 Å². The fourth-order valence-electron chi connectivity index (χ4n) is 1.79. The largest absolute Gasteiger partial charge is 0.388 e. The molecule has 0 aliphatic heterocycles. The molecule has 0 spiro atoms. The average molecular weight is 266 g/mol. The molecule has 0 amide bonds. The van der Waals surface area contributed by atoms with Crippen molar-refractivity contribution in [3.8, 4) is 0 Å². The van der Waals surface area contributed by atoms with Crippen LogP contribution in [-0.4, -0.2) is 10.1 Å². The summed E-state index contributed by atoms with van der Waals surface area (Å²) in [6.07, 6.45) is 2.46. The number of halogens is 2. The summed E-state index contributed by atoms with van der Waals surface area (Å²) < 4.78 is 13.7. The number of hydrogen-bond donors (Lipinski definition) is 1. The van der Waals surface area contributed by atoms with E-state index in [4.69, 9.17) is 11.6 Å². The molecule has 0 saturated carbocycles. The molecule has 94 valence electrons. The maximum Gasteiger partial charge on any atom is 0.129 e. The minimum atomic E-state index is -0.912. The van der Waals surface area contributed by atoms with Crippen LogP contribution in [0.2, 0.25) is 5.02 Å². The average Bonchev–Trinajstić information content (AvgIpc) is 2.32. The van der Waals surface area contributed by atoms with Gasteiger partial charge in [0.25, 0.3) is 0 Å². The van der Waals surface area contributed by atoms with E-state index in [1.165, 1.54) is 12.3 Å². The van der Waals surface area contributed by atoms with Crippen LogP contribution in [0.5, 0.6) is 0 Å². The Morgan fingerprint density at radius 2 is 2.17 bits per heavy atom. The Labute approximate surface area is 110 Å². The number of aryl methyl sites for hydroxylation is 1. The number of aliphatic hydroxyl groups is 1. The zero-order valence-corrected chi connectivity index (χ0v) is 10.7. The molecule has 1 heterocycles. The molecule has 1 aromatic carbocycles. The van der Waals surface area contributed by atoms with Crippen molar-refractivity contribution in [3.05, 3.63) is 64.2 Å². The zero-order valence-electron chi connectivity index (χ0n) is 9.90. The highest BCUT2D eigenvalue weighted by atomic mass is 35.5. The Bertz CT molecular complexity index is 559. The molecule has 0 aliphatic carbocycles. The molecule has 1 N–H and O–H groups in total. The lowest BCUT2D eigenvalue weighted by Gasteiger charge is -2.13. The highest BCUT2D eigenvalue weighted by molar-refractivity contribution is 6.31. The van der Waals surface area contributed by atoms with Crippen LogP contribution in [0.3, 0.4) is 0 Å². The van der Waals surface area contributed by atoms with Crippen LogP contribution in [0.1, 0.15) is 22.8 Å². The molecule has 0 radical (unpaired) electrons. The minimum Gasteiger partial charge on any atom is -0.388 e.